The van der Waals surface area contributed by atoms with Gasteiger partial charge >= 0.3 is 12.1 Å². The third-order valence-corrected chi connectivity index (χ3v) is 3.38. The highest BCUT2D eigenvalue weighted by Gasteiger charge is 2.42. The summed E-state index contributed by atoms with van der Waals surface area (Å²) in [6, 6.07) is 0. The average molecular weight is 291 g/mol. The first-order valence-corrected chi connectivity index (χ1v) is 6.61. The molecule has 0 bridgehead atoms. The number of rotatable bonds is 4. The van der Waals surface area contributed by atoms with Crippen molar-refractivity contribution in [3.8, 4) is 0 Å². The molecule has 0 radical (unpaired) electrons. The van der Waals surface area contributed by atoms with Gasteiger partial charge in [0.15, 0.2) is 5.69 Å². The van der Waals surface area contributed by atoms with Gasteiger partial charge in [-0.2, -0.15) is 13.2 Å². The first-order valence-electron chi connectivity index (χ1n) is 6.61. The highest BCUT2D eigenvalue weighted by atomic mass is 19.4. The first-order chi connectivity index (χ1) is 9.43. The van der Waals surface area contributed by atoms with Crippen LogP contribution in [0, 0.1) is 5.92 Å². The van der Waals surface area contributed by atoms with Crippen molar-refractivity contribution in [3.05, 3.63) is 11.4 Å². The smallest absolute Gasteiger partial charge is 0.435 e. The van der Waals surface area contributed by atoms with E-state index in [4.69, 9.17) is 0 Å². The average Bonchev–Trinajstić information content (AvgIpc) is 2.98. The number of carbonyl (C=O) groups is 1. The minimum absolute atomic E-state index is 0.00832. The van der Waals surface area contributed by atoms with Crippen LogP contribution in [0.15, 0.2) is 0 Å². The molecule has 1 fully saturated rings. The Labute approximate surface area is 114 Å². The summed E-state index contributed by atoms with van der Waals surface area (Å²) >= 11 is 0. The van der Waals surface area contributed by atoms with E-state index in [0.717, 1.165) is 30.4 Å². The quantitative estimate of drug-likeness (QED) is 0.800. The number of aromatic nitrogens is 3. The fourth-order valence-electron chi connectivity index (χ4n) is 2.50. The number of nitrogens with zero attached hydrogens (tertiary/aromatic N) is 3. The molecule has 0 atom stereocenters. The van der Waals surface area contributed by atoms with Crippen LogP contribution in [-0.4, -0.2) is 27.6 Å². The minimum atomic E-state index is -4.68. The van der Waals surface area contributed by atoms with E-state index in [1.165, 1.54) is 6.92 Å². The molecule has 0 amide bonds. The van der Waals surface area contributed by atoms with Crippen molar-refractivity contribution in [2.24, 2.45) is 5.92 Å². The Hall–Kier alpha value is -1.60. The van der Waals surface area contributed by atoms with Crippen molar-refractivity contribution in [1.29, 1.82) is 0 Å². The number of ether oxygens (including phenoxy) is 1. The molecule has 1 aromatic rings. The van der Waals surface area contributed by atoms with Crippen LogP contribution in [0.1, 0.15) is 48.8 Å². The third-order valence-electron chi connectivity index (χ3n) is 3.38. The lowest BCUT2D eigenvalue weighted by Gasteiger charge is -2.13. The molecule has 0 aromatic carbocycles. The highest BCUT2D eigenvalue weighted by molar-refractivity contribution is 5.88. The molecule has 0 spiro atoms. The SMILES string of the molecule is CCOC(=O)c1nnn(CC2CCCC2)c1C(F)(F)F. The van der Waals surface area contributed by atoms with E-state index in [1.807, 2.05) is 0 Å². The number of hydrogen-bond acceptors (Lipinski definition) is 4. The fourth-order valence-corrected chi connectivity index (χ4v) is 2.50. The summed E-state index contributed by atoms with van der Waals surface area (Å²) in [6.07, 6.45) is -0.876. The lowest BCUT2D eigenvalue weighted by atomic mass is 10.1. The Morgan fingerprint density at radius 3 is 2.60 bits per heavy atom. The van der Waals surface area contributed by atoms with Gasteiger partial charge in [0, 0.05) is 6.54 Å². The lowest BCUT2D eigenvalue weighted by molar-refractivity contribution is -0.145. The summed E-state index contributed by atoms with van der Waals surface area (Å²) in [6.45, 7) is 1.65. The van der Waals surface area contributed by atoms with Crippen LogP contribution in [0.3, 0.4) is 0 Å². The zero-order chi connectivity index (χ0) is 14.8. The number of alkyl halides is 3. The Balaban J connectivity index is 2.29. The summed E-state index contributed by atoms with van der Waals surface area (Å²) in [5.41, 5.74) is -1.86. The molecule has 1 aromatic heterocycles. The van der Waals surface area contributed by atoms with Crippen LogP contribution >= 0.6 is 0 Å². The number of hydrogen-bond donors (Lipinski definition) is 0. The van der Waals surface area contributed by atoms with E-state index < -0.39 is 23.5 Å². The van der Waals surface area contributed by atoms with E-state index >= 15 is 0 Å². The van der Waals surface area contributed by atoms with Gasteiger partial charge in [-0.15, -0.1) is 5.10 Å². The molecule has 8 heteroatoms. The van der Waals surface area contributed by atoms with Gasteiger partial charge in [0.1, 0.15) is 0 Å². The van der Waals surface area contributed by atoms with Gasteiger partial charge in [0.25, 0.3) is 0 Å². The summed E-state index contributed by atoms with van der Waals surface area (Å²) in [5.74, 6) is -0.926. The molecular formula is C12H16F3N3O2. The fraction of sp³-hybridized carbons (Fsp3) is 0.750. The van der Waals surface area contributed by atoms with E-state index in [9.17, 15) is 18.0 Å². The number of esters is 1. The second-order valence-corrected chi connectivity index (χ2v) is 4.84. The predicted molar refractivity (Wildman–Crippen MR) is 62.9 cm³/mol. The maximum Gasteiger partial charge on any atom is 0.435 e. The molecule has 1 saturated carbocycles. The maximum absolute atomic E-state index is 13.1. The van der Waals surface area contributed by atoms with Crippen molar-refractivity contribution >= 4 is 5.97 Å². The van der Waals surface area contributed by atoms with Crippen molar-refractivity contribution in [1.82, 2.24) is 15.0 Å². The van der Waals surface area contributed by atoms with Gasteiger partial charge in [-0.05, 0) is 25.7 Å². The standard InChI is InChI=1S/C12H16F3N3O2/c1-2-20-11(19)9-10(12(13,14)15)18(17-16-9)7-8-5-3-4-6-8/h8H,2-7H2,1H3. The van der Waals surface area contributed by atoms with Crippen molar-refractivity contribution in [2.75, 3.05) is 6.61 Å². The summed E-state index contributed by atoms with van der Waals surface area (Å²) < 4.78 is 44.7. The van der Waals surface area contributed by atoms with Gasteiger partial charge in [-0.1, -0.05) is 18.1 Å². The third kappa shape index (κ3) is 3.10. The highest BCUT2D eigenvalue weighted by Crippen LogP contribution is 2.33. The summed E-state index contributed by atoms with van der Waals surface area (Å²) in [5, 5.41) is 6.86. The maximum atomic E-state index is 13.1. The molecule has 0 aliphatic heterocycles. The van der Waals surface area contributed by atoms with Crippen molar-refractivity contribution in [3.63, 3.8) is 0 Å². The van der Waals surface area contributed by atoms with E-state index in [2.05, 4.69) is 15.0 Å². The first kappa shape index (κ1) is 14.8. The molecule has 20 heavy (non-hydrogen) atoms. The molecule has 1 heterocycles. The van der Waals surface area contributed by atoms with E-state index in [-0.39, 0.29) is 19.1 Å². The van der Waals surface area contributed by atoms with Crippen LogP contribution in [0.25, 0.3) is 0 Å². The predicted octanol–water partition coefficient (Wildman–Crippen LogP) is 2.66. The molecule has 0 saturated heterocycles. The molecule has 1 aliphatic carbocycles. The monoisotopic (exact) mass is 291 g/mol. The Kier molecular flexibility index (Phi) is 4.29. The molecule has 2 rings (SSSR count). The van der Waals surface area contributed by atoms with Gasteiger partial charge in [-0.3, -0.25) is 0 Å². The topological polar surface area (TPSA) is 57.0 Å². The van der Waals surface area contributed by atoms with Gasteiger partial charge in [0.05, 0.1) is 6.61 Å². The largest absolute Gasteiger partial charge is 0.461 e. The molecule has 5 nitrogen and oxygen atoms in total. The van der Waals surface area contributed by atoms with Crippen molar-refractivity contribution in [2.45, 2.75) is 45.3 Å². The Morgan fingerprint density at radius 1 is 1.40 bits per heavy atom. The van der Waals surface area contributed by atoms with Crippen LogP contribution < -0.4 is 0 Å². The van der Waals surface area contributed by atoms with Crippen molar-refractivity contribution < 1.29 is 22.7 Å². The van der Waals surface area contributed by atoms with E-state index in [0.29, 0.717) is 0 Å². The van der Waals surface area contributed by atoms with Crippen LogP contribution in [0.2, 0.25) is 0 Å². The van der Waals surface area contributed by atoms with Crippen LogP contribution in [0.4, 0.5) is 13.2 Å². The zero-order valence-corrected chi connectivity index (χ0v) is 11.1. The molecular weight excluding hydrogens is 275 g/mol. The summed E-state index contributed by atoms with van der Waals surface area (Å²) in [4.78, 5) is 11.5. The summed E-state index contributed by atoms with van der Waals surface area (Å²) in [7, 11) is 0. The zero-order valence-electron chi connectivity index (χ0n) is 11.1. The van der Waals surface area contributed by atoms with Gasteiger partial charge in [0.2, 0.25) is 5.69 Å². The minimum Gasteiger partial charge on any atom is -0.461 e. The van der Waals surface area contributed by atoms with Gasteiger partial charge in [-0.25, -0.2) is 9.48 Å². The Bertz CT molecular complexity index is 479. The molecule has 0 unspecified atom stereocenters. The molecule has 112 valence electrons. The van der Waals surface area contributed by atoms with E-state index in [1.54, 1.807) is 0 Å². The molecule has 0 N–H and O–H groups in total. The second kappa shape index (κ2) is 5.80. The van der Waals surface area contributed by atoms with Crippen LogP contribution in [0.5, 0.6) is 0 Å². The normalized spacial score (nSPS) is 16.6. The van der Waals surface area contributed by atoms with Gasteiger partial charge < -0.3 is 4.74 Å². The number of carbonyl (C=O) groups excluding carboxylic acids is 1. The van der Waals surface area contributed by atoms with Crippen LogP contribution in [-0.2, 0) is 17.5 Å². The second-order valence-electron chi connectivity index (χ2n) is 4.84. The molecule has 1 aliphatic rings. The number of halogens is 3. The lowest BCUT2D eigenvalue weighted by Crippen LogP contribution is -2.21. The Morgan fingerprint density at radius 2 is 2.05 bits per heavy atom.